The Morgan fingerprint density at radius 1 is 1.26 bits per heavy atom. The highest BCUT2D eigenvalue weighted by molar-refractivity contribution is 5.83. The molecule has 4 heteroatoms. The summed E-state index contributed by atoms with van der Waals surface area (Å²) in [6, 6.07) is 0.127. The highest BCUT2D eigenvalue weighted by Crippen LogP contribution is 2.69. The zero-order chi connectivity index (χ0) is 13.1. The van der Waals surface area contributed by atoms with Crippen molar-refractivity contribution < 1.29 is 9.53 Å². The Hall–Kier alpha value is -0.610. The van der Waals surface area contributed by atoms with E-state index in [-0.39, 0.29) is 24.1 Å². The summed E-state index contributed by atoms with van der Waals surface area (Å²) in [5.74, 6) is 3.69. The van der Waals surface area contributed by atoms with Crippen molar-refractivity contribution in [3.05, 3.63) is 0 Å². The lowest BCUT2D eigenvalue weighted by Crippen LogP contribution is -2.65. The zero-order valence-corrected chi connectivity index (χ0v) is 11.5. The van der Waals surface area contributed by atoms with E-state index in [9.17, 15) is 4.79 Å². The van der Waals surface area contributed by atoms with E-state index in [1.165, 1.54) is 19.3 Å². The summed E-state index contributed by atoms with van der Waals surface area (Å²) in [7, 11) is 0. The van der Waals surface area contributed by atoms with Gasteiger partial charge in [0, 0.05) is 18.6 Å². The molecule has 0 saturated heterocycles. The Morgan fingerprint density at radius 2 is 1.95 bits per heavy atom. The number of carbonyl (C=O) groups is 1. The van der Waals surface area contributed by atoms with Crippen molar-refractivity contribution >= 4 is 5.91 Å². The van der Waals surface area contributed by atoms with E-state index < -0.39 is 0 Å². The van der Waals surface area contributed by atoms with Gasteiger partial charge >= 0.3 is 0 Å². The fourth-order valence-corrected chi connectivity index (χ4v) is 5.16. The summed E-state index contributed by atoms with van der Waals surface area (Å²) >= 11 is 0. The highest BCUT2D eigenvalue weighted by atomic mass is 16.5. The largest absolute Gasteiger partial charge is 0.376 e. The molecule has 0 radical (unpaired) electrons. The first-order valence-electron chi connectivity index (χ1n) is 7.88. The van der Waals surface area contributed by atoms with Gasteiger partial charge in [0.2, 0.25) is 5.91 Å². The minimum absolute atomic E-state index is 0.0476. The third-order valence-corrected chi connectivity index (χ3v) is 6.09. The van der Waals surface area contributed by atoms with Gasteiger partial charge in [0.15, 0.2) is 0 Å². The van der Waals surface area contributed by atoms with Crippen LogP contribution < -0.4 is 11.1 Å². The van der Waals surface area contributed by atoms with Crippen LogP contribution in [0.15, 0.2) is 0 Å². The monoisotopic (exact) mass is 264 g/mol. The molecule has 3 N–H and O–H groups in total. The van der Waals surface area contributed by atoms with Crippen LogP contribution in [0, 0.1) is 29.6 Å². The average Bonchev–Trinajstić information content (AvgIpc) is 2.84. The van der Waals surface area contributed by atoms with Crippen LogP contribution in [-0.2, 0) is 9.53 Å². The molecule has 4 nitrogen and oxygen atoms in total. The smallest absolute Gasteiger partial charge is 0.224 e. The van der Waals surface area contributed by atoms with E-state index in [2.05, 4.69) is 5.32 Å². The van der Waals surface area contributed by atoms with E-state index in [4.69, 9.17) is 10.5 Å². The molecule has 2 bridgehead atoms. The molecule has 4 fully saturated rings. The summed E-state index contributed by atoms with van der Waals surface area (Å²) in [5, 5.41) is 3.17. The molecule has 106 valence electrons. The van der Waals surface area contributed by atoms with Crippen molar-refractivity contribution in [1.29, 1.82) is 0 Å². The second-order valence-corrected chi connectivity index (χ2v) is 6.94. The van der Waals surface area contributed by atoms with Crippen molar-refractivity contribution in [2.75, 3.05) is 6.61 Å². The van der Waals surface area contributed by atoms with Gasteiger partial charge in [-0.15, -0.1) is 0 Å². The number of fused-ring (bicyclic) bond motifs is 5. The molecule has 0 aliphatic heterocycles. The molecule has 7 unspecified atom stereocenters. The van der Waals surface area contributed by atoms with Crippen molar-refractivity contribution in [2.24, 2.45) is 35.3 Å². The van der Waals surface area contributed by atoms with Gasteiger partial charge in [0.05, 0.1) is 12.1 Å². The molecular weight excluding hydrogens is 240 g/mol. The first-order chi connectivity index (χ1) is 9.20. The lowest BCUT2D eigenvalue weighted by molar-refractivity contribution is -0.128. The number of amides is 1. The molecule has 4 rings (SSSR count). The Bertz CT molecular complexity index is 382. The minimum atomic E-state index is 0.0476. The molecule has 19 heavy (non-hydrogen) atoms. The van der Waals surface area contributed by atoms with Gasteiger partial charge in [0.25, 0.3) is 0 Å². The summed E-state index contributed by atoms with van der Waals surface area (Å²) in [4.78, 5) is 12.4. The fraction of sp³-hybridized carbons (Fsp3) is 0.933. The first kappa shape index (κ1) is 12.2. The third-order valence-electron chi connectivity index (χ3n) is 6.09. The summed E-state index contributed by atoms with van der Waals surface area (Å²) in [6.45, 7) is 2.69. The van der Waals surface area contributed by atoms with Crippen LogP contribution in [0.1, 0.15) is 32.6 Å². The van der Waals surface area contributed by atoms with Crippen LogP contribution in [0.2, 0.25) is 0 Å². The first-order valence-corrected chi connectivity index (χ1v) is 7.88. The molecule has 4 saturated carbocycles. The minimum Gasteiger partial charge on any atom is -0.376 e. The van der Waals surface area contributed by atoms with Crippen LogP contribution in [0.5, 0.6) is 0 Å². The van der Waals surface area contributed by atoms with Gasteiger partial charge in [-0.2, -0.15) is 0 Å². The number of ether oxygens (including phenoxy) is 1. The second kappa shape index (κ2) is 4.19. The van der Waals surface area contributed by atoms with Crippen LogP contribution in [0.3, 0.4) is 0 Å². The van der Waals surface area contributed by atoms with Crippen molar-refractivity contribution in [1.82, 2.24) is 5.32 Å². The Labute approximate surface area is 114 Å². The van der Waals surface area contributed by atoms with Crippen molar-refractivity contribution in [3.63, 3.8) is 0 Å². The Kier molecular flexibility index (Phi) is 2.68. The summed E-state index contributed by atoms with van der Waals surface area (Å²) in [6.07, 6.45) is 5.13. The Balaban J connectivity index is 1.35. The van der Waals surface area contributed by atoms with Crippen molar-refractivity contribution in [2.45, 2.75) is 50.8 Å². The third kappa shape index (κ3) is 1.69. The molecule has 4 aliphatic rings. The second-order valence-electron chi connectivity index (χ2n) is 6.94. The zero-order valence-electron chi connectivity index (χ0n) is 11.5. The van der Waals surface area contributed by atoms with Gasteiger partial charge in [-0.3, -0.25) is 4.79 Å². The number of hydrogen-bond acceptors (Lipinski definition) is 3. The molecule has 0 aromatic carbocycles. The standard InChI is InChI=1S/C15H24N2O2/c1-2-19-10-6-9(16)14(10)17-15(18)13-11-7-3-4-8(5-7)12(11)13/h7-14H,2-6,16H2,1H3,(H,17,18). The molecule has 4 aliphatic carbocycles. The lowest BCUT2D eigenvalue weighted by atomic mass is 9.83. The fourth-order valence-electron chi connectivity index (χ4n) is 5.16. The van der Waals surface area contributed by atoms with Crippen molar-refractivity contribution in [3.8, 4) is 0 Å². The molecule has 0 spiro atoms. The maximum Gasteiger partial charge on any atom is 0.224 e. The van der Waals surface area contributed by atoms with Crippen LogP contribution in [0.25, 0.3) is 0 Å². The number of hydrogen-bond donors (Lipinski definition) is 2. The van der Waals surface area contributed by atoms with E-state index in [0.29, 0.717) is 24.4 Å². The average molecular weight is 264 g/mol. The van der Waals surface area contributed by atoms with Gasteiger partial charge in [-0.05, 0) is 56.3 Å². The number of rotatable bonds is 4. The Morgan fingerprint density at radius 3 is 2.53 bits per heavy atom. The predicted molar refractivity (Wildman–Crippen MR) is 71.2 cm³/mol. The van der Waals surface area contributed by atoms with E-state index in [1.807, 2.05) is 6.92 Å². The van der Waals surface area contributed by atoms with E-state index in [0.717, 1.165) is 18.3 Å². The highest BCUT2D eigenvalue weighted by Gasteiger charge is 2.67. The molecule has 7 atom stereocenters. The van der Waals surface area contributed by atoms with E-state index in [1.54, 1.807) is 0 Å². The molecule has 0 heterocycles. The van der Waals surface area contributed by atoms with E-state index >= 15 is 0 Å². The molecular formula is C15H24N2O2. The van der Waals surface area contributed by atoms with Gasteiger partial charge < -0.3 is 15.8 Å². The van der Waals surface area contributed by atoms with Crippen LogP contribution in [0.4, 0.5) is 0 Å². The van der Waals surface area contributed by atoms with Gasteiger partial charge in [-0.1, -0.05) is 0 Å². The maximum atomic E-state index is 12.4. The number of nitrogens with one attached hydrogen (secondary N) is 1. The maximum absolute atomic E-state index is 12.4. The molecule has 1 amide bonds. The molecule has 0 aromatic heterocycles. The van der Waals surface area contributed by atoms with Crippen LogP contribution in [-0.4, -0.2) is 30.7 Å². The van der Waals surface area contributed by atoms with Crippen LogP contribution >= 0.6 is 0 Å². The predicted octanol–water partition coefficient (Wildman–Crippen LogP) is 0.899. The summed E-state index contributed by atoms with van der Waals surface area (Å²) < 4.78 is 5.62. The quantitative estimate of drug-likeness (QED) is 0.793. The van der Waals surface area contributed by atoms with Gasteiger partial charge in [0.1, 0.15) is 0 Å². The topological polar surface area (TPSA) is 64.3 Å². The lowest BCUT2D eigenvalue weighted by Gasteiger charge is -2.42. The summed E-state index contributed by atoms with van der Waals surface area (Å²) in [5.41, 5.74) is 6.00. The SMILES string of the molecule is CCOC1CC(N)C1NC(=O)C1C2C3CCC(C3)C12. The number of carbonyl (C=O) groups excluding carboxylic acids is 1. The molecule has 0 aromatic rings. The number of nitrogens with two attached hydrogens (primary N) is 1. The normalized spacial score (nSPS) is 53.6. The van der Waals surface area contributed by atoms with Gasteiger partial charge in [-0.25, -0.2) is 0 Å².